The lowest BCUT2D eigenvalue weighted by Gasteiger charge is -2.41. The third kappa shape index (κ3) is 3.10. The van der Waals surface area contributed by atoms with Crippen molar-refractivity contribution in [2.45, 2.75) is 68.8 Å². The molecule has 5 aliphatic heterocycles. The van der Waals surface area contributed by atoms with Crippen LogP contribution in [0.2, 0.25) is 0 Å². The second-order valence-electron chi connectivity index (χ2n) is 12.6. The first-order chi connectivity index (χ1) is 18.2. The standard InChI is InChI=1S/C29H36N2O7/c1-14-8-22-24(17(14)12-32)16(26(33)38-22)10-28(2,35)25-15-9-23-29(11-20(30-25)18(15)13-37-23)19-6-4-5-7-21(19)31(36-3)27(29)34/h4-7,14-18,20,22-24,32,35H,8-13H2,1-3H3/t14-,15?,16+,17+,18-,20-,22-,23+,24+,28+,29-/m0/s1. The van der Waals surface area contributed by atoms with Crippen LogP contribution in [0.1, 0.15) is 45.1 Å². The van der Waals surface area contributed by atoms with Gasteiger partial charge in [-0.25, -0.2) is 0 Å². The number of aliphatic imine (C=N–C) groups is 1. The Bertz CT molecular complexity index is 1220. The van der Waals surface area contributed by atoms with Crippen LogP contribution in [0, 0.1) is 35.5 Å². The summed E-state index contributed by atoms with van der Waals surface area (Å²) in [7, 11) is 1.51. The van der Waals surface area contributed by atoms with Crippen LogP contribution in [0.5, 0.6) is 0 Å². The molecule has 1 spiro atoms. The van der Waals surface area contributed by atoms with Crippen molar-refractivity contribution in [3.8, 4) is 0 Å². The predicted molar refractivity (Wildman–Crippen MR) is 136 cm³/mol. The minimum atomic E-state index is -1.30. The summed E-state index contributed by atoms with van der Waals surface area (Å²) in [5.74, 6) is -0.660. The average molecular weight is 525 g/mol. The van der Waals surface area contributed by atoms with Crippen LogP contribution in [-0.4, -0.2) is 72.0 Å². The minimum Gasteiger partial charge on any atom is -0.462 e. The smallest absolute Gasteiger partial charge is 0.309 e. The van der Waals surface area contributed by atoms with E-state index in [1.807, 2.05) is 24.3 Å². The maximum absolute atomic E-state index is 13.9. The van der Waals surface area contributed by atoms with Gasteiger partial charge < -0.3 is 19.7 Å². The van der Waals surface area contributed by atoms with E-state index in [9.17, 15) is 19.8 Å². The molecule has 8 rings (SSSR count). The molecule has 1 aromatic rings. The van der Waals surface area contributed by atoms with Gasteiger partial charge in [0.2, 0.25) is 0 Å². The first-order valence-electron chi connectivity index (χ1n) is 13.9. The number of ether oxygens (including phenoxy) is 2. The molecule has 5 fully saturated rings. The van der Waals surface area contributed by atoms with Crippen molar-refractivity contribution in [2.24, 2.45) is 40.5 Å². The number of amides is 1. The Kier molecular flexibility index (Phi) is 5.42. The molecular weight excluding hydrogens is 488 g/mol. The van der Waals surface area contributed by atoms with E-state index in [2.05, 4.69) is 6.92 Å². The second-order valence-corrected chi connectivity index (χ2v) is 12.6. The number of aliphatic hydroxyl groups is 2. The van der Waals surface area contributed by atoms with E-state index >= 15 is 0 Å². The van der Waals surface area contributed by atoms with Gasteiger partial charge in [0, 0.05) is 30.1 Å². The molecule has 1 amide bonds. The van der Waals surface area contributed by atoms with Crippen LogP contribution in [0.25, 0.3) is 0 Å². The van der Waals surface area contributed by atoms with E-state index in [4.69, 9.17) is 19.3 Å². The van der Waals surface area contributed by atoms with Crippen LogP contribution in [0.3, 0.4) is 0 Å². The highest BCUT2D eigenvalue weighted by Gasteiger charge is 2.66. The van der Waals surface area contributed by atoms with Crippen molar-refractivity contribution in [2.75, 3.05) is 25.4 Å². The molecule has 38 heavy (non-hydrogen) atoms. The molecule has 2 aliphatic carbocycles. The Hall–Kier alpha value is -2.33. The maximum atomic E-state index is 13.9. The van der Waals surface area contributed by atoms with Crippen LogP contribution in [0.15, 0.2) is 29.3 Å². The van der Waals surface area contributed by atoms with Crippen LogP contribution >= 0.6 is 0 Å². The summed E-state index contributed by atoms with van der Waals surface area (Å²) < 4.78 is 12.1. The molecule has 9 nitrogen and oxygen atoms in total. The van der Waals surface area contributed by atoms with Crippen LogP contribution in [-0.2, 0) is 29.3 Å². The SMILES string of the molecule is CON1C(=O)[C@@]2(C[C@@H]3N=C([C@](C)(O)C[C@H]4C(=O)O[C@H]5C[C@H](C)[C@@H](CO)[C@H]54)C4C[C@H]2OC[C@@H]43)c2ccccc21. The number of para-hydroxylation sites is 1. The van der Waals surface area contributed by atoms with Gasteiger partial charge in [0.25, 0.3) is 5.91 Å². The van der Waals surface area contributed by atoms with E-state index in [0.29, 0.717) is 19.4 Å². The molecule has 0 aromatic heterocycles. The zero-order chi connectivity index (χ0) is 26.6. The molecule has 2 N–H and O–H groups in total. The molecule has 9 heteroatoms. The van der Waals surface area contributed by atoms with Crippen molar-refractivity contribution in [1.82, 2.24) is 0 Å². The third-order valence-corrected chi connectivity index (χ3v) is 10.7. The van der Waals surface area contributed by atoms with E-state index in [1.165, 1.54) is 12.2 Å². The first-order valence-corrected chi connectivity index (χ1v) is 13.9. The van der Waals surface area contributed by atoms with Gasteiger partial charge in [0.15, 0.2) is 0 Å². The molecule has 0 radical (unpaired) electrons. The Morgan fingerprint density at radius 3 is 2.82 bits per heavy atom. The lowest BCUT2D eigenvalue weighted by atomic mass is 9.70. The van der Waals surface area contributed by atoms with Crippen molar-refractivity contribution in [3.05, 3.63) is 29.8 Å². The van der Waals surface area contributed by atoms with E-state index < -0.39 is 16.9 Å². The average Bonchev–Trinajstić information content (AvgIpc) is 3.51. The molecule has 204 valence electrons. The van der Waals surface area contributed by atoms with Gasteiger partial charge in [0.1, 0.15) is 17.1 Å². The number of rotatable bonds is 5. The predicted octanol–water partition coefficient (Wildman–Crippen LogP) is 2.03. The lowest BCUT2D eigenvalue weighted by Crippen LogP contribution is -2.53. The highest BCUT2D eigenvalue weighted by atomic mass is 16.7. The number of benzene rings is 1. The first kappa shape index (κ1) is 24.7. The summed E-state index contributed by atoms with van der Waals surface area (Å²) in [6, 6.07) is 7.56. The van der Waals surface area contributed by atoms with Crippen molar-refractivity contribution >= 4 is 23.3 Å². The molecule has 11 atom stereocenters. The number of hydrogen-bond donors (Lipinski definition) is 2. The van der Waals surface area contributed by atoms with Gasteiger partial charge in [0.05, 0.1) is 37.5 Å². The summed E-state index contributed by atoms with van der Waals surface area (Å²) in [4.78, 5) is 37.4. The highest BCUT2D eigenvalue weighted by Crippen LogP contribution is 2.58. The lowest BCUT2D eigenvalue weighted by molar-refractivity contribution is -0.146. The number of carbonyl (C=O) groups is 2. The molecule has 7 aliphatic rings. The number of carbonyl (C=O) groups excluding carboxylic acids is 2. The molecule has 4 bridgehead atoms. The van der Waals surface area contributed by atoms with Gasteiger partial charge in [-0.3, -0.25) is 19.4 Å². The normalized spacial score (nSPS) is 44.2. The summed E-state index contributed by atoms with van der Waals surface area (Å²) in [5, 5.41) is 23.3. The zero-order valence-corrected chi connectivity index (χ0v) is 22.1. The monoisotopic (exact) mass is 524 g/mol. The Labute approximate surface area is 222 Å². The number of esters is 1. The second kappa shape index (κ2) is 8.34. The number of aliphatic hydroxyl groups excluding tert-OH is 1. The molecule has 2 saturated carbocycles. The van der Waals surface area contributed by atoms with Crippen molar-refractivity contribution in [1.29, 1.82) is 0 Å². The number of fused-ring (bicyclic) bond motifs is 3. The quantitative estimate of drug-likeness (QED) is 0.566. The molecule has 1 unspecified atom stereocenters. The number of hydrogen-bond acceptors (Lipinski definition) is 8. The fourth-order valence-corrected chi connectivity index (χ4v) is 9.03. The van der Waals surface area contributed by atoms with Crippen molar-refractivity contribution in [3.63, 3.8) is 0 Å². The van der Waals surface area contributed by atoms with Gasteiger partial charge in [-0.15, -0.1) is 0 Å². The fourth-order valence-electron chi connectivity index (χ4n) is 9.03. The Balaban J connectivity index is 1.21. The number of anilines is 1. The zero-order valence-electron chi connectivity index (χ0n) is 22.1. The third-order valence-electron chi connectivity index (χ3n) is 10.7. The number of hydroxylamine groups is 1. The fraction of sp³-hybridized carbons (Fsp3) is 0.690. The Morgan fingerprint density at radius 1 is 1.26 bits per heavy atom. The number of nitrogens with zero attached hydrogens (tertiary/aromatic N) is 2. The van der Waals surface area contributed by atoms with Crippen molar-refractivity contribution < 1.29 is 34.1 Å². The van der Waals surface area contributed by atoms with Crippen LogP contribution in [0.4, 0.5) is 5.69 Å². The summed E-state index contributed by atoms with van der Waals surface area (Å²) in [6.07, 6.45) is 1.49. The van der Waals surface area contributed by atoms with Gasteiger partial charge >= 0.3 is 5.97 Å². The summed E-state index contributed by atoms with van der Waals surface area (Å²) >= 11 is 0. The van der Waals surface area contributed by atoms with Gasteiger partial charge in [-0.05, 0) is 56.1 Å². The summed E-state index contributed by atoms with van der Waals surface area (Å²) in [6.45, 7) is 4.35. The summed E-state index contributed by atoms with van der Waals surface area (Å²) in [5.41, 5.74) is 0.211. The molecule has 3 saturated heterocycles. The van der Waals surface area contributed by atoms with E-state index in [-0.39, 0.29) is 72.7 Å². The van der Waals surface area contributed by atoms with E-state index in [0.717, 1.165) is 23.4 Å². The maximum Gasteiger partial charge on any atom is 0.309 e. The Morgan fingerprint density at radius 2 is 2.05 bits per heavy atom. The largest absolute Gasteiger partial charge is 0.462 e. The molecular formula is C29H36N2O7. The van der Waals surface area contributed by atoms with Gasteiger partial charge in [-0.1, -0.05) is 25.1 Å². The molecule has 1 aromatic carbocycles. The topological polar surface area (TPSA) is 118 Å². The van der Waals surface area contributed by atoms with Gasteiger partial charge in [-0.2, -0.15) is 5.06 Å². The highest BCUT2D eigenvalue weighted by molar-refractivity contribution is 6.08. The molecule has 5 heterocycles. The minimum absolute atomic E-state index is 0.0124. The van der Waals surface area contributed by atoms with Crippen LogP contribution < -0.4 is 5.06 Å². The van der Waals surface area contributed by atoms with E-state index in [1.54, 1.807) is 6.92 Å².